The fourth-order valence-electron chi connectivity index (χ4n) is 1.41. The third-order valence-electron chi connectivity index (χ3n) is 2.14. The van der Waals surface area contributed by atoms with Crippen LogP contribution in [0.5, 0.6) is 0 Å². The summed E-state index contributed by atoms with van der Waals surface area (Å²) in [6.45, 7) is 0. The number of fused-ring (bicyclic) bond motifs is 1. The fraction of sp³-hybridized carbons (Fsp3) is 0.0909. The average Bonchev–Trinajstić information content (AvgIpc) is 2.23. The minimum Gasteiger partial charge on any atom is -0.303 e. The summed E-state index contributed by atoms with van der Waals surface area (Å²) in [6, 6.07) is 5.69. The van der Waals surface area contributed by atoms with E-state index in [2.05, 4.69) is 20.9 Å². The zero-order valence-electron chi connectivity index (χ0n) is 7.71. The molecule has 0 fully saturated rings. The zero-order chi connectivity index (χ0) is 10.8. The van der Waals surface area contributed by atoms with E-state index in [1.54, 1.807) is 6.20 Å². The van der Waals surface area contributed by atoms with Gasteiger partial charge >= 0.3 is 0 Å². The molecule has 15 heavy (non-hydrogen) atoms. The van der Waals surface area contributed by atoms with Gasteiger partial charge in [0.25, 0.3) is 0 Å². The Bertz CT molecular complexity index is 527. The number of carbonyl (C=O) groups excluding carboxylic acids is 1. The van der Waals surface area contributed by atoms with E-state index in [0.717, 1.165) is 27.2 Å². The van der Waals surface area contributed by atoms with E-state index in [1.807, 2.05) is 18.2 Å². The molecule has 1 aromatic carbocycles. The summed E-state index contributed by atoms with van der Waals surface area (Å²) in [6.07, 6.45) is 2.77. The number of carbonyl (C=O) groups is 1. The van der Waals surface area contributed by atoms with Crippen LogP contribution in [0.15, 0.2) is 28.9 Å². The molecule has 0 bridgehead atoms. The van der Waals surface area contributed by atoms with E-state index in [4.69, 9.17) is 11.6 Å². The van der Waals surface area contributed by atoms with Gasteiger partial charge in [-0.15, -0.1) is 0 Å². The molecule has 0 unspecified atom stereocenters. The lowest BCUT2D eigenvalue weighted by molar-refractivity contribution is -0.107. The van der Waals surface area contributed by atoms with Gasteiger partial charge in [0.2, 0.25) is 0 Å². The number of hydrogen-bond donors (Lipinski definition) is 0. The Morgan fingerprint density at radius 2 is 2.27 bits per heavy atom. The third kappa shape index (κ3) is 2.03. The lowest BCUT2D eigenvalue weighted by atomic mass is 10.1. The van der Waals surface area contributed by atoms with Gasteiger partial charge < -0.3 is 4.79 Å². The Morgan fingerprint density at radius 1 is 1.47 bits per heavy atom. The largest absolute Gasteiger partial charge is 0.303 e. The molecule has 2 nitrogen and oxygen atoms in total. The van der Waals surface area contributed by atoms with Crippen molar-refractivity contribution in [2.75, 3.05) is 0 Å². The molecule has 1 heterocycles. The van der Waals surface area contributed by atoms with Gasteiger partial charge in [-0.25, -0.2) is 0 Å². The molecule has 2 aromatic rings. The number of halogens is 2. The van der Waals surface area contributed by atoms with Gasteiger partial charge in [-0.2, -0.15) is 0 Å². The van der Waals surface area contributed by atoms with Crippen LogP contribution in [0.4, 0.5) is 0 Å². The van der Waals surface area contributed by atoms with Gasteiger partial charge in [0.05, 0.1) is 10.5 Å². The van der Waals surface area contributed by atoms with E-state index in [0.29, 0.717) is 11.4 Å². The minimum absolute atomic E-state index is 0.300. The summed E-state index contributed by atoms with van der Waals surface area (Å²) in [7, 11) is 0. The van der Waals surface area contributed by atoms with Crippen LogP contribution in [0.25, 0.3) is 10.9 Å². The highest BCUT2D eigenvalue weighted by Gasteiger charge is 2.06. The van der Waals surface area contributed by atoms with E-state index < -0.39 is 0 Å². The van der Waals surface area contributed by atoms with Crippen LogP contribution in [0.3, 0.4) is 0 Å². The van der Waals surface area contributed by atoms with Gasteiger partial charge in [-0.05, 0) is 23.8 Å². The Kier molecular flexibility index (Phi) is 3.03. The number of rotatable bonds is 2. The minimum atomic E-state index is 0.300. The molecule has 0 amide bonds. The molecule has 0 saturated heterocycles. The first kappa shape index (κ1) is 10.6. The van der Waals surface area contributed by atoms with E-state index in [9.17, 15) is 4.79 Å². The maximum atomic E-state index is 10.4. The molecule has 0 saturated carbocycles. The second-order valence-electron chi connectivity index (χ2n) is 3.13. The summed E-state index contributed by atoms with van der Waals surface area (Å²) in [5, 5.41) is 1.47. The van der Waals surface area contributed by atoms with Crippen molar-refractivity contribution in [1.29, 1.82) is 0 Å². The highest BCUT2D eigenvalue weighted by molar-refractivity contribution is 9.10. The lowest BCUT2D eigenvalue weighted by Gasteiger charge is -2.04. The Labute approximate surface area is 100 Å². The molecule has 0 spiro atoms. The van der Waals surface area contributed by atoms with Crippen molar-refractivity contribution in [3.05, 3.63) is 39.5 Å². The van der Waals surface area contributed by atoms with Crippen LogP contribution in [-0.2, 0) is 11.2 Å². The summed E-state index contributed by atoms with van der Waals surface area (Å²) < 4.78 is 0.946. The summed E-state index contributed by atoms with van der Waals surface area (Å²) in [4.78, 5) is 14.7. The second-order valence-corrected chi connectivity index (χ2v) is 4.42. The molecular formula is C11H7BrClNO. The number of hydrogen-bond acceptors (Lipinski definition) is 2. The lowest BCUT2D eigenvalue weighted by Crippen LogP contribution is -1.91. The smallest absolute Gasteiger partial charge is 0.124 e. The first-order valence-electron chi connectivity index (χ1n) is 4.38. The Balaban J connectivity index is 2.70. The zero-order valence-corrected chi connectivity index (χ0v) is 10.0. The summed E-state index contributed by atoms with van der Waals surface area (Å²) in [5.41, 5.74) is 1.59. The van der Waals surface area contributed by atoms with E-state index in [1.165, 1.54) is 0 Å². The molecule has 0 aliphatic heterocycles. The predicted molar refractivity (Wildman–Crippen MR) is 64.2 cm³/mol. The van der Waals surface area contributed by atoms with Gasteiger partial charge in [0, 0.05) is 22.5 Å². The number of aldehydes is 1. The van der Waals surface area contributed by atoms with Gasteiger partial charge in [0.15, 0.2) is 0 Å². The number of aromatic nitrogens is 1. The first-order chi connectivity index (χ1) is 7.22. The molecule has 1 aromatic heterocycles. The van der Waals surface area contributed by atoms with E-state index in [-0.39, 0.29) is 0 Å². The van der Waals surface area contributed by atoms with E-state index >= 15 is 0 Å². The molecule has 76 valence electrons. The van der Waals surface area contributed by atoms with Crippen LogP contribution in [-0.4, -0.2) is 11.3 Å². The highest BCUT2D eigenvalue weighted by Crippen LogP contribution is 2.28. The van der Waals surface area contributed by atoms with Gasteiger partial charge in [0.1, 0.15) is 6.29 Å². The van der Waals surface area contributed by atoms with Crippen LogP contribution >= 0.6 is 27.5 Å². The average molecular weight is 285 g/mol. The monoisotopic (exact) mass is 283 g/mol. The Morgan fingerprint density at radius 3 is 3.00 bits per heavy atom. The van der Waals surface area contributed by atoms with Crippen molar-refractivity contribution < 1.29 is 4.79 Å². The second kappa shape index (κ2) is 4.29. The SMILES string of the molecule is O=CCc1cnc2ccc(Br)cc2c1Cl. The van der Waals surface area contributed by atoms with Crippen molar-refractivity contribution in [2.24, 2.45) is 0 Å². The van der Waals surface area contributed by atoms with Crippen LogP contribution in [0.1, 0.15) is 5.56 Å². The predicted octanol–water partition coefficient (Wildman–Crippen LogP) is 3.39. The van der Waals surface area contributed by atoms with Crippen molar-refractivity contribution in [2.45, 2.75) is 6.42 Å². The Hall–Kier alpha value is -0.930. The van der Waals surface area contributed by atoms with Crippen molar-refractivity contribution in [1.82, 2.24) is 4.98 Å². The van der Waals surface area contributed by atoms with Gasteiger partial charge in [-0.3, -0.25) is 4.98 Å². The molecule has 0 radical (unpaired) electrons. The molecular weight excluding hydrogens is 277 g/mol. The normalized spacial score (nSPS) is 10.5. The van der Waals surface area contributed by atoms with Crippen LogP contribution < -0.4 is 0 Å². The quantitative estimate of drug-likeness (QED) is 0.791. The molecule has 0 aliphatic rings. The summed E-state index contributed by atoms with van der Waals surface area (Å²) in [5.74, 6) is 0. The number of benzene rings is 1. The summed E-state index contributed by atoms with van der Waals surface area (Å²) >= 11 is 9.55. The van der Waals surface area contributed by atoms with Crippen molar-refractivity contribution >= 4 is 44.7 Å². The standard InChI is InChI=1S/C11H7BrClNO/c12-8-1-2-10-9(5-8)11(13)7(3-4-15)6-14-10/h1-2,4-6H,3H2. The van der Waals surface area contributed by atoms with Crippen LogP contribution in [0.2, 0.25) is 5.02 Å². The molecule has 0 aliphatic carbocycles. The maximum absolute atomic E-state index is 10.4. The fourth-order valence-corrected chi connectivity index (χ4v) is 2.04. The number of nitrogens with zero attached hydrogens (tertiary/aromatic N) is 1. The van der Waals surface area contributed by atoms with Gasteiger partial charge in [-0.1, -0.05) is 27.5 Å². The molecule has 4 heteroatoms. The van der Waals surface area contributed by atoms with Crippen molar-refractivity contribution in [3.8, 4) is 0 Å². The topological polar surface area (TPSA) is 30.0 Å². The van der Waals surface area contributed by atoms with Crippen molar-refractivity contribution in [3.63, 3.8) is 0 Å². The first-order valence-corrected chi connectivity index (χ1v) is 5.55. The maximum Gasteiger partial charge on any atom is 0.124 e. The molecule has 2 rings (SSSR count). The third-order valence-corrected chi connectivity index (χ3v) is 3.08. The molecule has 0 N–H and O–H groups in total. The van der Waals surface area contributed by atoms with Crippen LogP contribution in [0, 0.1) is 0 Å². The number of pyridine rings is 1. The molecule has 0 atom stereocenters. The highest BCUT2D eigenvalue weighted by atomic mass is 79.9.